The van der Waals surface area contributed by atoms with Crippen molar-refractivity contribution in [2.24, 2.45) is 5.10 Å². The number of aromatic nitrogens is 2. The van der Waals surface area contributed by atoms with Crippen molar-refractivity contribution < 1.29 is 9.53 Å². The van der Waals surface area contributed by atoms with Crippen molar-refractivity contribution in [2.45, 2.75) is 6.92 Å². The molecule has 0 bridgehead atoms. The molecular formula is C22H17N5O2S. The van der Waals surface area contributed by atoms with Gasteiger partial charge in [-0.15, -0.1) is 11.3 Å². The van der Waals surface area contributed by atoms with Crippen molar-refractivity contribution in [2.75, 3.05) is 17.3 Å². The number of anilines is 2. The molecule has 148 valence electrons. The van der Waals surface area contributed by atoms with Gasteiger partial charge >= 0.3 is 0 Å². The van der Waals surface area contributed by atoms with Gasteiger partial charge in [-0.2, -0.15) is 5.10 Å². The summed E-state index contributed by atoms with van der Waals surface area (Å²) in [6.07, 6.45) is 1.53. The Hall–Kier alpha value is -3.78. The molecule has 3 heterocycles. The number of hydrogen-bond donors (Lipinski definition) is 2. The van der Waals surface area contributed by atoms with Gasteiger partial charge in [0.25, 0.3) is 5.91 Å². The molecule has 0 spiro atoms. The number of nitrogens with one attached hydrogen (secondary N) is 2. The van der Waals surface area contributed by atoms with E-state index < -0.39 is 0 Å². The van der Waals surface area contributed by atoms with Crippen molar-refractivity contribution in [1.29, 1.82) is 0 Å². The fourth-order valence-electron chi connectivity index (χ4n) is 3.20. The Bertz CT molecular complexity index is 1280. The monoisotopic (exact) mass is 415 g/mol. The van der Waals surface area contributed by atoms with Gasteiger partial charge in [-0.25, -0.2) is 9.97 Å². The molecule has 0 atom stereocenters. The average Bonchev–Trinajstić information content (AvgIpc) is 3.22. The maximum atomic E-state index is 11.6. The Morgan fingerprint density at radius 2 is 2.03 bits per heavy atom. The number of hydrogen-bond acceptors (Lipinski definition) is 7. The number of carbonyl (C=O) groups is 1. The molecular weight excluding hydrogens is 398 g/mol. The summed E-state index contributed by atoms with van der Waals surface area (Å²) in [5.41, 5.74) is 6.47. The predicted octanol–water partition coefficient (Wildman–Crippen LogP) is 4.53. The third-order valence-corrected chi connectivity index (χ3v) is 5.84. The molecule has 8 heteroatoms. The Morgan fingerprint density at radius 3 is 2.90 bits per heavy atom. The number of rotatable bonds is 4. The number of nitrogens with zero attached hydrogens (tertiary/aromatic N) is 3. The van der Waals surface area contributed by atoms with Crippen LogP contribution in [-0.2, 0) is 4.79 Å². The molecule has 2 aromatic heterocycles. The van der Waals surface area contributed by atoms with Crippen LogP contribution in [0.1, 0.15) is 12.5 Å². The zero-order chi connectivity index (χ0) is 20.5. The molecule has 2 N–H and O–H groups in total. The fourth-order valence-corrected chi connectivity index (χ4v) is 4.20. The highest BCUT2D eigenvalue weighted by Crippen LogP contribution is 2.35. The average molecular weight is 415 g/mol. The van der Waals surface area contributed by atoms with Crippen molar-refractivity contribution in [1.82, 2.24) is 9.97 Å². The third kappa shape index (κ3) is 3.48. The summed E-state index contributed by atoms with van der Waals surface area (Å²) >= 11 is 1.62. The second kappa shape index (κ2) is 7.57. The number of hydrazone groups is 1. The normalized spacial score (nSPS) is 13.5. The van der Waals surface area contributed by atoms with Gasteiger partial charge in [0.1, 0.15) is 16.9 Å². The van der Waals surface area contributed by atoms with Crippen LogP contribution in [0.15, 0.2) is 66.0 Å². The van der Waals surface area contributed by atoms with Gasteiger partial charge < -0.3 is 10.1 Å². The van der Waals surface area contributed by atoms with E-state index >= 15 is 0 Å². The van der Waals surface area contributed by atoms with E-state index in [0.29, 0.717) is 17.3 Å². The quantitative estimate of drug-likeness (QED) is 0.378. The predicted molar refractivity (Wildman–Crippen MR) is 119 cm³/mol. The summed E-state index contributed by atoms with van der Waals surface area (Å²) in [6.45, 7) is 1.93. The van der Waals surface area contributed by atoms with E-state index in [4.69, 9.17) is 4.74 Å². The lowest BCUT2D eigenvalue weighted by atomic mass is 10.1. The highest BCUT2D eigenvalue weighted by atomic mass is 32.1. The molecule has 0 aliphatic carbocycles. The van der Waals surface area contributed by atoms with Gasteiger partial charge in [-0.1, -0.05) is 30.3 Å². The van der Waals surface area contributed by atoms with Crippen molar-refractivity contribution in [3.05, 3.63) is 66.5 Å². The first-order chi connectivity index (χ1) is 14.7. The van der Waals surface area contributed by atoms with Crippen LogP contribution in [0.5, 0.6) is 5.75 Å². The van der Waals surface area contributed by atoms with Crippen LogP contribution in [0.3, 0.4) is 0 Å². The molecule has 1 aliphatic heterocycles. The van der Waals surface area contributed by atoms with Crippen LogP contribution >= 0.6 is 11.3 Å². The largest absolute Gasteiger partial charge is 0.482 e. The summed E-state index contributed by atoms with van der Waals surface area (Å²) in [6, 6.07) is 17.8. The number of fused-ring (bicyclic) bond motifs is 2. The Morgan fingerprint density at radius 1 is 1.17 bits per heavy atom. The van der Waals surface area contributed by atoms with E-state index in [1.807, 2.05) is 43.3 Å². The maximum absolute atomic E-state index is 11.6. The fraction of sp³-hybridized carbons (Fsp3) is 0.0909. The smallest absolute Gasteiger partial charge is 0.262 e. The van der Waals surface area contributed by atoms with Gasteiger partial charge in [0, 0.05) is 4.88 Å². The molecule has 7 nitrogen and oxygen atoms in total. The van der Waals surface area contributed by atoms with E-state index in [2.05, 4.69) is 44.0 Å². The first-order valence-electron chi connectivity index (χ1n) is 9.35. The highest BCUT2D eigenvalue weighted by Gasteiger charge is 2.16. The summed E-state index contributed by atoms with van der Waals surface area (Å²) in [4.78, 5) is 22.3. The van der Waals surface area contributed by atoms with E-state index in [-0.39, 0.29) is 12.5 Å². The Labute approximate surface area is 176 Å². The topological polar surface area (TPSA) is 88.5 Å². The molecule has 4 aromatic rings. The standard InChI is InChI=1S/C22H17N5O2S/c1-13(15-7-8-18-17(9-15)25-20(28)11-29-18)26-27-21-16-10-19(14-5-3-2-4-6-14)30-22(16)24-12-23-21/h2-10,12H,11H2,1H3,(H,25,28)(H,23,24,27)/b26-13-. The minimum atomic E-state index is -0.164. The number of ether oxygens (including phenoxy) is 1. The SMILES string of the molecule is C/C(=N/Nc1ncnc2sc(-c3ccccc3)cc12)c1ccc2c(c1)NC(=O)CO2. The molecule has 0 radical (unpaired) electrons. The van der Waals surface area contributed by atoms with E-state index in [9.17, 15) is 4.79 Å². The van der Waals surface area contributed by atoms with E-state index in [0.717, 1.165) is 31.9 Å². The van der Waals surface area contributed by atoms with Crippen LogP contribution in [-0.4, -0.2) is 28.2 Å². The Balaban J connectivity index is 1.43. The van der Waals surface area contributed by atoms with Gasteiger partial charge in [0.2, 0.25) is 0 Å². The Kier molecular flexibility index (Phi) is 4.61. The van der Waals surface area contributed by atoms with Crippen LogP contribution in [0.2, 0.25) is 0 Å². The second-order valence-electron chi connectivity index (χ2n) is 6.77. The van der Waals surface area contributed by atoms with Crippen LogP contribution in [0.25, 0.3) is 20.7 Å². The number of thiophene rings is 1. The van der Waals surface area contributed by atoms with Crippen molar-refractivity contribution >= 4 is 44.7 Å². The lowest BCUT2D eigenvalue weighted by Gasteiger charge is -2.18. The number of carbonyl (C=O) groups excluding carboxylic acids is 1. The first-order valence-corrected chi connectivity index (χ1v) is 10.2. The number of benzene rings is 2. The maximum Gasteiger partial charge on any atom is 0.262 e. The molecule has 1 amide bonds. The van der Waals surface area contributed by atoms with Gasteiger partial charge in [0.15, 0.2) is 12.4 Å². The zero-order valence-corrected chi connectivity index (χ0v) is 16.9. The highest BCUT2D eigenvalue weighted by molar-refractivity contribution is 7.21. The van der Waals surface area contributed by atoms with Gasteiger partial charge in [0.05, 0.1) is 16.8 Å². The molecule has 5 rings (SSSR count). The van der Waals surface area contributed by atoms with Crippen LogP contribution in [0.4, 0.5) is 11.5 Å². The minimum Gasteiger partial charge on any atom is -0.482 e. The minimum absolute atomic E-state index is 0.0380. The molecule has 2 aromatic carbocycles. The molecule has 0 unspecified atom stereocenters. The lowest BCUT2D eigenvalue weighted by molar-refractivity contribution is -0.118. The molecule has 30 heavy (non-hydrogen) atoms. The van der Waals surface area contributed by atoms with Crippen LogP contribution in [0, 0.1) is 0 Å². The molecule has 0 saturated heterocycles. The van der Waals surface area contributed by atoms with Gasteiger partial charge in [-0.3, -0.25) is 10.2 Å². The van der Waals surface area contributed by atoms with Gasteiger partial charge in [-0.05, 0) is 42.3 Å². The van der Waals surface area contributed by atoms with E-state index in [1.165, 1.54) is 6.33 Å². The summed E-state index contributed by atoms with van der Waals surface area (Å²) < 4.78 is 5.40. The summed E-state index contributed by atoms with van der Waals surface area (Å²) in [7, 11) is 0. The van der Waals surface area contributed by atoms with Crippen molar-refractivity contribution in [3.63, 3.8) is 0 Å². The van der Waals surface area contributed by atoms with E-state index in [1.54, 1.807) is 11.3 Å². The summed E-state index contributed by atoms with van der Waals surface area (Å²) in [5, 5.41) is 8.23. The van der Waals surface area contributed by atoms with Crippen LogP contribution < -0.4 is 15.5 Å². The third-order valence-electron chi connectivity index (χ3n) is 4.75. The molecule has 1 aliphatic rings. The lowest BCUT2D eigenvalue weighted by Crippen LogP contribution is -2.25. The molecule has 0 saturated carbocycles. The number of amides is 1. The first kappa shape index (κ1) is 18.3. The molecule has 0 fully saturated rings. The zero-order valence-electron chi connectivity index (χ0n) is 16.0. The van der Waals surface area contributed by atoms with Crippen molar-refractivity contribution in [3.8, 4) is 16.2 Å². The second-order valence-corrected chi connectivity index (χ2v) is 7.81. The summed E-state index contributed by atoms with van der Waals surface area (Å²) in [5.74, 6) is 1.14.